The van der Waals surface area contributed by atoms with Crippen molar-refractivity contribution >= 4 is 10.9 Å². The highest BCUT2D eigenvalue weighted by Gasteiger charge is 2.23. The van der Waals surface area contributed by atoms with Crippen LogP contribution < -0.4 is 0 Å². The second-order valence-corrected chi connectivity index (χ2v) is 8.06. The van der Waals surface area contributed by atoms with Gasteiger partial charge in [0.2, 0.25) is 0 Å². The molecule has 1 saturated heterocycles. The van der Waals surface area contributed by atoms with Crippen molar-refractivity contribution in [2.75, 3.05) is 13.1 Å². The first-order valence-corrected chi connectivity index (χ1v) is 10.4. The van der Waals surface area contributed by atoms with Gasteiger partial charge in [-0.25, -0.2) is 0 Å². The van der Waals surface area contributed by atoms with E-state index in [9.17, 15) is 0 Å². The maximum Gasteiger partial charge on any atom is 0.143 e. The number of hydrogen-bond donors (Lipinski definition) is 1. The average molecular weight is 386 g/mol. The Hall–Kier alpha value is -2.92. The second kappa shape index (κ2) is 7.48. The quantitative estimate of drug-likeness (QED) is 0.523. The SMILES string of the molecule is Cc1noc(C)c1-c1cccc(C2CCN(Cc3c[nH]c4ccccc34)CC2)n1. The Morgan fingerprint density at radius 1 is 1.07 bits per heavy atom. The number of aryl methyl sites for hydroxylation is 2. The van der Waals surface area contributed by atoms with E-state index in [4.69, 9.17) is 9.51 Å². The van der Waals surface area contributed by atoms with Crippen molar-refractivity contribution in [1.82, 2.24) is 20.0 Å². The number of para-hydroxylation sites is 1. The van der Waals surface area contributed by atoms with Crippen LogP contribution in [0, 0.1) is 13.8 Å². The normalized spacial score (nSPS) is 15.9. The number of nitrogens with zero attached hydrogens (tertiary/aromatic N) is 3. The number of pyridine rings is 1. The van der Waals surface area contributed by atoms with Gasteiger partial charge in [0.05, 0.1) is 17.0 Å². The van der Waals surface area contributed by atoms with E-state index in [0.717, 1.165) is 55.2 Å². The first kappa shape index (κ1) is 18.1. The van der Waals surface area contributed by atoms with Gasteiger partial charge in [0.15, 0.2) is 0 Å². The fourth-order valence-corrected chi connectivity index (χ4v) is 4.56. The van der Waals surface area contributed by atoms with Gasteiger partial charge in [0, 0.05) is 35.3 Å². The van der Waals surface area contributed by atoms with Gasteiger partial charge in [-0.05, 0) is 63.5 Å². The molecule has 29 heavy (non-hydrogen) atoms. The number of benzene rings is 1. The van der Waals surface area contributed by atoms with Crippen LogP contribution in [-0.4, -0.2) is 33.1 Å². The topological polar surface area (TPSA) is 58.0 Å². The molecule has 4 heterocycles. The van der Waals surface area contributed by atoms with Crippen LogP contribution in [-0.2, 0) is 6.54 Å². The molecule has 0 amide bonds. The Labute approximate surface area is 170 Å². The van der Waals surface area contributed by atoms with Crippen molar-refractivity contribution in [3.8, 4) is 11.3 Å². The zero-order valence-corrected chi connectivity index (χ0v) is 17.0. The third-order valence-electron chi connectivity index (χ3n) is 6.13. The number of nitrogens with one attached hydrogen (secondary N) is 1. The third kappa shape index (κ3) is 3.47. The zero-order chi connectivity index (χ0) is 19.8. The number of H-pyrrole nitrogens is 1. The van der Waals surface area contributed by atoms with E-state index in [1.807, 2.05) is 13.8 Å². The summed E-state index contributed by atoms with van der Waals surface area (Å²) in [5.41, 5.74) is 6.70. The number of piperidine rings is 1. The summed E-state index contributed by atoms with van der Waals surface area (Å²) in [5.74, 6) is 1.34. The van der Waals surface area contributed by atoms with E-state index in [1.54, 1.807) is 0 Å². The van der Waals surface area contributed by atoms with E-state index >= 15 is 0 Å². The zero-order valence-electron chi connectivity index (χ0n) is 17.0. The first-order chi connectivity index (χ1) is 14.2. The molecule has 5 heteroatoms. The van der Waals surface area contributed by atoms with Crippen LogP contribution in [0.2, 0.25) is 0 Å². The maximum atomic E-state index is 5.33. The molecule has 0 unspecified atom stereocenters. The molecule has 0 spiro atoms. The van der Waals surface area contributed by atoms with Gasteiger partial charge >= 0.3 is 0 Å². The van der Waals surface area contributed by atoms with Crippen molar-refractivity contribution in [2.24, 2.45) is 0 Å². The molecule has 0 radical (unpaired) electrons. The van der Waals surface area contributed by atoms with Crippen LogP contribution in [0.25, 0.3) is 22.2 Å². The number of fused-ring (bicyclic) bond motifs is 1. The molecule has 5 rings (SSSR count). The molecular weight excluding hydrogens is 360 g/mol. The standard InChI is InChI=1S/C24H26N4O/c1-16-24(17(2)29-27-16)23-9-5-8-21(26-23)18-10-12-28(13-11-18)15-19-14-25-22-7-4-3-6-20(19)22/h3-9,14,18,25H,10-13,15H2,1-2H3. The molecule has 3 aromatic heterocycles. The molecule has 0 bridgehead atoms. The Kier molecular flexibility index (Phi) is 4.68. The van der Waals surface area contributed by atoms with Crippen molar-refractivity contribution < 1.29 is 4.52 Å². The number of aromatic nitrogens is 3. The number of hydrogen-bond acceptors (Lipinski definition) is 4. The fraction of sp³-hybridized carbons (Fsp3) is 0.333. The maximum absolute atomic E-state index is 5.33. The number of likely N-dealkylation sites (tertiary alicyclic amines) is 1. The van der Waals surface area contributed by atoms with Gasteiger partial charge in [-0.1, -0.05) is 29.4 Å². The lowest BCUT2D eigenvalue weighted by molar-refractivity contribution is 0.204. The highest BCUT2D eigenvalue weighted by molar-refractivity contribution is 5.82. The summed E-state index contributed by atoms with van der Waals surface area (Å²) in [4.78, 5) is 10.9. The summed E-state index contributed by atoms with van der Waals surface area (Å²) in [6, 6.07) is 14.9. The van der Waals surface area contributed by atoms with Gasteiger partial charge in [-0.2, -0.15) is 0 Å². The Morgan fingerprint density at radius 3 is 2.69 bits per heavy atom. The lowest BCUT2D eigenvalue weighted by atomic mass is 9.92. The molecule has 1 N–H and O–H groups in total. The minimum Gasteiger partial charge on any atom is -0.361 e. The minimum atomic E-state index is 0.509. The first-order valence-electron chi connectivity index (χ1n) is 10.4. The Balaban J connectivity index is 1.28. The van der Waals surface area contributed by atoms with Crippen LogP contribution in [0.5, 0.6) is 0 Å². The van der Waals surface area contributed by atoms with E-state index in [0.29, 0.717) is 5.92 Å². The summed E-state index contributed by atoms with van der Waals surface area (Å²) in [5, 5.41) is 5.41. The predicted molar refractivity (Wildman–Crippen MR) is 115 cm³/mol. The molecule has 0 saturated carbocycles. The van der Waals surface area contributed by atoms with Gasteiger partial charge in [-0.15, -0.1) is 0 Å². The van der Waals surface area contributed by atoms with Gasteiger partial charge in [0.1, 0.15) is 5.76 Å². The molecule has 0 aliphatic carbocycles. The van der Waals surface area contributed by atoms with E-state index in [2.05, 4.69) is 63.7 Å². The molecule has 1 aliphatic heterocycles. The molecule has 0 atom stereocenters. The van der Waals surface area contributed by atoms with Gasteiger partial charge in [-0.3, -0.25) is 9.88 Å². The van der Waals surface area contributed by atoms with Crippen LogP contribution >= 0.6 is 0 Å². The van der Waals surface area contributed by atoms with E-state index < -0.39 is 0 Å². The molecular formula is C24H26N4O. The average Bonchev–Trinajstić information content (AvgIpc) is 3.31. The van der Waals surface area contributed by atoms with Gasteiger partial charge in [0.25, 0.3) is 0 Å². The minimum absolute atomic E-state index is 0.509. The number of aromatic amines is 1. The van der Waals surface area contributed by atoms with E-state index in [-0.39, 0.29) is 0 Å². The van der Waals surface area contributed by atoms with Crippen LogP contribution in [0.1, 0.15) is 41.5 Å². The smallest absolute Gasteiger partial charge is 0.143 e. The number of rotatable bonds is 4. The summed E-state index contributed by atoms with van der Waals surface area (Å²) in [7, 11) is 0. The molecule has 5 nitrogen and oxygen atoms in total. The van der Waals surface area contributed by atoms with Crippen molar-refractivity contribution in [3.63, 3.8) is 0 Å². The highest BCUT2D eigenvalue weighted by Crippen LogP contribution is 2.31. The fourth-order valence-electron chi connectivity index (χ4n) is 4.56. The second-order valence-electron chi connectivity index (χ2n) is 8.06. The molecule has 4 aromatic rings. The third-order valence-corrected chi connectivity index (χ3v) is 6.13. The molecule has 1 aromatic carbocycles. The van der Waals surface area contributed by atoms with Crippen LogP contribution in [0.4, 0.5) is 0 Å². The molecule has 148 valence electrons. The molecule has 1 fully saturated rings. The Morgan fingerprint density at radius 2 is 1.90 bits per heavy atom. The molecule has 1 aliphatic rings. The Bertz CT molecular complexity index is 1120. The van der Waals surface area contributed by atoms with Crippen molar-refractivity contribution in [1.29, 1.82) is 0 Å². The summed E-state index contributed by atoms with van der Waals surface area (Å²) < 4.78 is 5.33. The lowest BCUT2D eigenvalue weighted by Gasteiger charge is -2.31. The van der Waals surface area contributed by atoms with Crippen LogP contribution in [0.3, 0.4) is 0 Å². The predicted octanol–water partition coefficient (Wildman–Crippen LogP) is 5.21. The summed E-state index contributed by atoms with van der Waals surface area (Å²) >= 11 is 0. The van der Waals surface area contributed by atoms with Crippen LogP contribution in [0.15, 0.2) is 53.2 Å². The largest absolute Gasteiger partial charge is 0.361 e. The summed E-state index contributed by atoms with van der Waals surface area (Å²) in [6.45, 7) is 7.13. The van der Waals surface area contributed by atoms with Gasteiger partial charge < -0.3 is 9.51 Å². The van der Waals surface area contributed by atoms with Crippen molar-refractivity contribution in [2.45, 2.75) is 39.2 Å². The lowest BCUT2D eigenvalue weighted by Crippen LogP contribution is -2.32. The monoisotopic (exact) mass is 386 g/mol. The van der Waals surface area contributed by atoms with Crippen molar-refractivity contribution in [3.05, 3.63) is 71.4 Å². The van der Waals surface area contributed by atoms with E-state index in [1.165, 1.54) is 22.2 Å². The highest BCUT2D eigenvalue weighted by atomic mass is 16.5. The summed E-state index contributed by atoms with van der Waals surface area (Å²) in [6.07, 6.45) is 4.44.